The zero-order valence-electron chi connectivity index (χ0n) is 51.6. The number of rotatable bonds is 56. The fourth-order valence-electron chi connectivity index (χ4n) is 8.63. The van der Waals surface area contributed by atoms with Crippen LogP contribution in [-0.2, 0) is 27.9 Å². The Balaban J connectivity index is 5.31. The van der Waals surface area contributed by atoms with Gasteiger partial charge in [-0.1, -0.05) is 271 Å². The summed E-state index contributed by atoms with van der Waals surface area (Å²) in [5.41, 5.74) is 0. The Morgan fingerprint density at radius 1 is 0.468 bits per heavy atom. The predicted octanol–water partition coefficient (Wildman–Crippen LogP) is 19.9. The van der Waals surface area contributed by atoms with Gasteiger partial charge in [0.25, 0.3) is 0 Å². The quantitative estimate of drug-likeness (QED) is 0.0156. The Labute approximate surface area is 486 Å². The lowest BCUT2D eigenvalue weighted by atomic mass is 10.0. The molecule has 0 radical (unpaired) electrons. The molecular weight excluding hydrogens is 1000 g/mol. The molecule has 0 aliphatic heterocycles. The fraction of sp³-hybridized carbons (Fsp3) is 0.681. The Morgan fingerprint density at radius 2 is 0.861 bits per heavy atom. The molecular formula is C69H120N2O7P+. The summed E-state index contributed by atoms with van der Waals surface area (Å²) in [6.45, 7) is 6.80. The molecule has 0 saturated heterocycles. The number of carbonyl (C=O) groups excluding carboxylic acids is 2. The molecule has 0 aromatic heterocycles. The summed E-state index contributed by atoms with van der Waals surface area (Å²) >= 11 is 0. The maximum Gasteiger partial charge on any atom is 0.472 e. The number of phosphoric ester groups is 1. The first-order valence-corrected chi connectivity index (χ1v) is 33.4. The van der Waals surface area contributed by atoms with Crippen molar-refractivity contribution in [2.24, 2.45) is 0 Å². The first-order chi connectivity index (χ1) is 38.4. The summed E-state index contributed by atoms with van der Waals surface area (Å²) < 4.78 is 30.7. The Bertz CT molecular complexity index is 1770. The van der Waals surface area contributed by atoms with Crippen molar-refractivity contribution in [2.45, 2.75) is 264 Å². The molecule has 0 aliphatic rings. The average Bonchev–Trinajstić information content (AvgIpc) is 3.41. The van der Waals surface area contributed by atoms with E-state index < -0.39 is 20.0 Å². The van der Waals surface area contributed by atoms with Crippen molar-refractivity contribution in [1.29, 1.82) is 0 Å². The fourth-order valence-corrected chi connectivity index (χ4v) is 9.36. The highest BCUT2D eigenvalue weighted by molar-refractivity contribution is 7.47. The number of likely N-dealkylation sites (N-methyl/N-ethyl adjacent to an activating group) is 1. The zero-order valence-corrected chi connectivity index (χ0v) is 52.5. The standard InChI is InChI=1S/C69H119N2O7P/c1-7-10-13-16-19-22-25-28-30-32-33-34-35-36-37-39-41-44-47-50-53-56-59-62-69(73)78-67(60-57-54-51-48-45-42-27-24-21-18-15-12-9-3)66(65-77-79(74,75)76-64-63-71(4,5)6)70-68(72)61-58-55-52-49-46-43-40-38-31-29-26-23-20-17-14-11-8-2/h11,14,17,19-20,22-23,26,28-31,33-34,38,40,43,46,57,60,66-67H,7-10,12-13,15-16,18,21,24-25,27,32,35-37,39,41-42,44-45,47-56,58-59,61-65H2,1-6H3,(H-,70,72,74,75)/p+1/b14-11-,20-17+,22-19-,26-23+,30-28-,31-29-,34-33-,40-38+,46-43+,60-57-. The summed E-state index contributed by atoms with van der Waals surface area (Å²) in [4.78, 5) is 37.8. The monoisotopic (exact) mass is 1120 g/mol. The van der Waals surface area contributed by atoms with Crippen molar-refractivity contribution in [1.82, 2.24) is 5.32 Å². The number of phosphoric acid groups is 1. The highest BCUT2D eigenvalue weighted by atomic mass is 31.2. The van der Waals surface area contributed by atoms with Gasteiger partial charge in [-0.15, -0.1) is 0 Å². The van der Waals surface area contributed by atoms with Crippen molar-refractivity contribution in [3.63, 3.8) is 0 Å². The first kappa shape index (κ1) is 75.4. The van der Waals surface area contributed by atoms with Gasteiger partial charge in [0.1, 0.15) is 19.3 Å². The van der Waals surface area contributed by atoms with E-state index in [4.69, 9.17) is 13.8 Å². The number of hydrogen-bond acceptors (Lipinski definition) is 6. The molecule has 3 atom stereocenters. The number of quaternary nitrogens is 1. The molecule has 9 nitrogen and oxygen atoms in total. The number of ether oxygens (including phenoxy) is 1. The van der Waals surface area contributed by atoms with Crippen LogP contribution in [0.5, 0.6) is 0 Å². The Kier molecular flexibility index (Phi) is 55.0. The van der Waals surface area contributed by atoms with Crippen LogP contribution in [-0.4, -0.2) is 74.3 Å². The van der Waals surface area contributed by atoms with Crippen LogP contribution in [0.4, 0.5) is 0 Å². The van der Waals surface area contributed by atoms with Crippen LogP contribution in [0.3, 0.4) is 0 Å². The Morgan fingerprint density at radius 3 is 1.37 bits per heavy atom. The van der Waals surface area contributed by atoms with Crippen molar-refractivity contribution in [3.05, 3.63) is 122 Å². The van der Waals surface area contributed by atoms with E-state index in [1.54, 1.807) is 0 Å². The number of esters is 1. The average molecular weight is 1120 g/mol. The van der Waals surface area contributed by atoms with Gasteiger partial charge in [-0.3, -0.25) is 18.6 Å². The SMILES string of the molecule is CC\C=C/C=C/C=C/C=C\C=C\C=C\CCCCCC(=O)NC(COP(=O)(O)OCC[N+](C)(C)C)C(/C=C\CCCCCCCCCCCCC)OC(=O)CCCCCCCCCCCC/C=C\C/C=C\C/C=C\CCCCC. The lowest BCUT2D eigenvalue weighted by molar-refractivity contribution is -0.870. The summed E-state index contributed by atoms with van der Waals surface area (Å²) in [5, 5.41) is 3.03. The van der Waals surface area contributed by atoms with Crippen molar-refractivity contribution in [3.8, 4) is 0 Å². The summed E-state index contributed by atoms with van der Waals surface area (Å²) in [6, 6.07) is -0.882. The molecule has 0 aromatic carbocycles. The molecule has 79 heavy (non-hydrogen) atoms. The van der Waals surface area contributed by atoms with Crippen molar-refractivity contribution in [2.75, 3.05) is 40.9 Å². The maximum atomic E-state index is 13.5. The number of allylic oxidation sites excluding steroid dienone is 19. The van der Waals surface area contributed by atoms with Gasteiger partial charge in [-0.05, 0) is 89.5 Å². The summed E-state index contributed by atoms with van der Waals surface area (Å²) in [6.07, 6.45) is 80.5. The van der Waals surface area contributed by atoms with Gasteiger partial charge in [0, 0.05) is 12.8 Å². The molecule has 2 N–H and O–H groups in total. The van der Waals surface area contributed by atoms with Gasteiger partial charge in [0.05, 0.1) is 33.8 Å². The molecule has 10 heteroatoms. The number of hydrogen-bond donors (Lipinski definition) is 2. The molecule has 0 saturated carbocycles. The largest absolute Gasteiger partial charge is 0.472 e. The maximum absolute atomic E-state index is 13.5. The summed E-state index contributed by atoms with van der Waals surface area (Å²) in [7, 11) is 1.45. The Hall–Kier alpha value is -3.59. The summed E-state index contributed by atoms with van der Waals surface area (Å²) in [5.74, 6) is -0.566. The van der Waals surface area contributed by atoms with Gasteiger partial charge in [0.2, 0.25) is 5.91 Å². The van der Waals surface area contributed by atoms with E-state index in [1.807, 2.05) is 94.1 Å². The normalized spacial score (nSPS) is 14.5. The molecule has 0 heterocycles. The minimum Gasteiger partial charge on any atom is -0.456 e. The number of unbranched alkanes of at least 4 members (excludes halogenated alkanes) is 27. The van der Waals surface area contributed by atoms with Gasteiger partial charge in [0.15, 0.2) is 0 Å². The second-order valence-corrected chi connectivity index (χ2v) is 23.8. The van der Waals surface area contributed by atoms with E-state index in [0.717, 1.165) is 89.9 Å². The van der Waals surface area contributed by atoms with E-state index in [9.17, 15) is 19.0 Å². The third kappa shape index (κ3) is 58.9. The van der Waals surface area contributed by atoms with Gasteiger partial charge < -0.3 is 19.4 Å². The van der Waals surface area contributed by atoms with E-state index >= 15 is 0 Å². The molecule has 0 rings (SSSR count). The van der Waals surface area contributed by atoms with Crippen LogP contribution in [0.2, 0.25) is 0 Å². The number of amides is 1. The molecule has 0 spiro atoms. The van der Waals surface area contributed by atoms with Gasteiger partial charge in [-0.25, -0.2) is 4.57 Å². The zero-order chi connectivity index (χ0) is 57.9. The molecule has 3 unspecified atom stereocenters. The van der Waals surface area contributed by atoms with Crippen molar-refractivity contribution < 1.29 is 37.3 Å². The number of nitrogens with zero attached hydrogens (tertiary/aromatic N) is 1. The number of carbonyl (C=O) groups is 2. The molecule has 452 valence electrons. The molecule has 1 amide bonds. The van der Waals surface area contributed by atoms with Crippen LogP contribution < -0.4 is 5.32 Å². The van der Waals surface area contributed by atoms with Gasteiger partial charge in [-0.2, -0.15) is 0 Å². The van der Waals surface area contributed by atoms with Crippen LogP contribution >= 0.6 is 7.82 Å². The lowest BCUT2D eigenvalue weighted by Crippen LogP contribution is -2.47. The molecule has 0 aliphatic carbocycles. The minimum atomic E-state index is -4.47. The second kappa shape index (κ2) is 57.6. The smallest absolute Gasteiger partial charge is 0.456 e. The molecule has 0 fully saturated rings. The van der Waals surface area contributed by atoms with Crippen LogP contribution in [0.15, 0.2) is 122 Å². The van der Waals surface area contributed by atoms with Gasteiger partial charge >= 0.3 is 13.8 Å². The highest BCUT2D eigenvalue weighted by Crippen LogP contribution is 2.43. The predicted molar refractivity (Wildman–Crippen MR) is 341 cm³/mol. The second-order valence-electron chi connectivity index (χ2n) is 22.4. The van der Waals surface area contributed by atoms with E-state index in [1.165, 1.54) is 122 Å². The topological polar surface area (TPSA) is 111 Å². The minimum absolute atomic E-state index is 0.0239. The van der Waals surface area contributed by atoms with Crippen LogP contribution in [0.25, 0.3) is 0 Å². The highest BCUT2D eigenvalue weighted by Gasteiger charge is 2.30. The first-order valence-electron chi connectivity index (χ1n) is 31.9. The van der Waals surface area contributed by atoms with Crippen LogP contribution in [0.1, 0.15) is 252 Å². The van der Waals surface area contributed by atoms with Crippen LogP contribution in [0, 0.1) is 0 Å². The molecule has 0 aromatic rings. The number of nitrogens with one attached hydrogen (secondary N) is 1. The van der Waals surface area contributed by atoms with Crippen molar-refractivity contribution >= 4 is 19.7 Å². The van der Waals surface area contributed by atoms with E-state index in [2.05, 4.69) is 74.7 Å². The third-order valence-electron chi connectivity index (χ3n) is 13.5. The molecule has 0 bridgehead atoms. The van der Waals surface area contributed by atoms with E-state index in [-0.39, 0.29) is 37.9 Å². The lowest BCUT2D eigenvalue weighted by Gasteiger charge is -2.27. The van der Waals surface area contributed by atoms with E-state index in [0.29, 0.717) is 17.4 Å². The third-order valence-corrected chi connectivity index (χ3v) is 14.5.